The number of amides is 2. The molecule has 1 unspecified atom stereocenters. The summed E-state index contributed by atoms with van der Waals surface area (Å²) in [6.45, 7) is 1.08. The zero-order chi connectivity index (χ0) is 22.5. The van der Waals surface area contributed by atoms with E-state index in [-0.39, 0.29) is 17.6 Å². The third kappa shape index (κ3) is 4.90. The van der Waals surface area contributed by atoms with E-state index >= 15 is 0 Å². The van der Waals surface area contributed by atoms with E-state index < -0.39 is 11.5 Å². The van der Waals surface area contributed by atoms with Crippen molar-refractivity contribution in [2.24, 2.45) is 0 Å². The normalized spacial score (nSPS) is 15.3. The van der Waals surface area contributed by atoms with Crippen molar-refractivity contribution in [3.05, 3.63) is 93.4 Å². The molecular weight excluding hydrogens is 430 g/mol. The van der Waals surface area contributed by atoms with E-state index in [4.69, 9.17) is 16.3 Å². The Hall–Kier alpha value is -3.42. The summed E-state index contributed by atoms with van der Waals surface area (Å²) < 4.78 is 6.89. The molecule has 32 heavy (non-hydrogen) atoms. The van der Waals surface area contributed by atoms with Crippen LogP contribution in [0.4, 0.5) is 5.69 Å². The van der Waals surface area contributed by atoms with Gasteiger partial charge in [0.05, 0.1) is 16.7 Å². The molecule has 0 spiro atoms. The zero-order valence-electron chi connectivity index (χ0n) is 17.2. The number of aromatic nitrogens is 1. The van der Waals surface area contributed by atoms with Crippen LogP contribution in [0.1, 0.15) is 33.6 Å². The van der Waals surface area contributed by atoms with Crippen LogP contribution in [0.2, 0.25) is 5.02 Å². The van der Waals surface area contributed by atoms with Gasteiger partial charge in [-0.15, -0.1) is 0 Å². The number of rotatable bonds is 6. The fraction of sp³-hybridized carbons (Fsp3) is 0.208. The summed E-state index contributed by atoms with van der Waals surface area (Å²) in [6.07, 6.45) is 3.47. The number of anilines is 1. The van der Waals surface area contributed by atoms with Crippen molar-refractivity contribution in [1.82, 2.24) is 9.88 Å². The van der Waals surface area contributed by atoms with Gasteiger partial charge >= 0.3 is 0 Å². The Bertz CT molecular complexity index is 1180. The van der Waals surface area contributed by atoms with Crippen molar-refractivity contribution >= 4 is 29.1 Å². The first kappa shape index (κ1) is 21.8. The largest absolute Gasteiger partial charge is 0.376 e. The van der Waals surface area contributed by atoms with E-state index in [9.17, 15) is 14.4 Å². The summed E-state index contributed by atoms with van der Waals surface area (Å²) in [4.78, 5) is 37.8. The van der Waals surface area contributed by atoms with Gasteiger partial charge in [-0.25, -0.2) is 0 Å². The number of hydrogen-bond donors (Lipinski definition) is 2. The summed E-state index contributed by atoms with van der Waals surface area (Å²) in [5.41, 5.74) is 1.12. The minimum absolute atomic E-state index is 0.00147. The molecule has 0 radical (unpaired) electrons. The first-order chi connectivity index (χ1) is 15.5. The Morgan fingerprint density at radius 1 is 1.00 bits per heavy atom. The van der Waals surface area contributed by atoms with Gasteiger partial charge in [-0.1, -0.05) is 23.7 Å². The van der Waals surface area contributed by atoms with E-state index in [1.807, 2.05) is 0 Å². The van der Waals surface area contributed by atoms with Gasteiger partial charge in [-0.2, -0.15) is 0 Å². The summed E-state index contributed by atoms with van der Waals surface area (Å²) in [5, 5.41) is 5.92. The number of benzene rings is 2. The van der Waals surface area contributed by atoms with E-state index in [0.29, 0.717) is 35.1 Å². The molecule has 3 aromatic rings. The maximum Gasteiger partial charge on any atom is 0.267 e. The van der Waals surface area contributed by atoms with Gasteiger partial charge in [0.2, 0.25) is 0 Å². The highest BCUT2D eigenvalue weighted by Crippen LogP contribution is 2.18. The van der Waals surface area contributed by atoms with E-state index in [0.717, 1.165) is 12.8 Å². The summed E-state index contributed by atoms with van der Waals surface area (Å²) in [7, 11) is 0. The first-order valence-electron chi connectivity index (χ1n) is 10.3. The van der Waals surface area contributed by atoms with Gasteiger partial charge in [0, 0.05) is 30.7 Å². The van der Waals surface area contributed by atoms with Crippen molar-refractivity contribution < 1.29 is 14.3 Å². The van der Waals surface area contributed by atoms with Gasteiger partial charge in [0.25, 0.3) is 17.4 Å². The molecule has 2 heterocycles. The minimum Gasteiger partial charge on any atom is -0.376 e. The lowest BCUT2D eigenvalue weighted by Gasteiger charge is -2.12. The van der Waals surface area contributed by atoms with E-state index in [1.54, 1.807) is 60.8 Å². The van der Waals surface area contributed by atoms with Crippen LogP contribution in [0.15, 0.2) is 71.7 Å². The van der Waals surface area contributed by atoms with Crippen LogP contribution in [0, 0.1) is 0 Å². The number of nitrogens with one attached hydrogen (secondary N) is 2. The van der Waals surface area contributed by atoms with Crippen molar-refractivity contribution in [1.29, 1.82) is 0 Å². The predicted molar refractivity (Wildman–Crippen MR) is 123 cm³/mol. The van der Waals surface area contributed by atoms with Gasteiger partial charge in [0.1, 0.15) is 5.56 Å². The lowest BCUT2D eigenvalue weighted by Crippen LogP contribution is -2.36. The van der Waals surface area contributed by atoms with Gasteiger partial charge in [-0.05, 0) is 61.4 Å². The zero-order valence-corrected chi connectivity index (χ0v) is 18.0. The summed E-state index contributed by atoms with van der Waals surface area (Å²) >= 11 is 6.07. The number of nitrogens with zero attached hydrogens (tertiary/aromatic N) is 1. The highest BCUT2D eigenvalue weighted by atomic mass is 35.5. The molecule has 1 saturated heterocycles. The van der Waals surface area contributed by atoms with E-state index in [1.165, 1.54) is 10.6 Å². The van der Waals surface area contributed by atoms with Crippen LogP contribution in [0.25, 0.3) is 5.69 Å². The van der Waals surface area contributed by atoms with Gasteiger partial charge < -0.3 is 15.4 Å². The van der Waals surface area contributed by atoms with Crippen molar-refractivity contribution in [3.63, 3.8) is 0 Å². The number of halogens is 1. The number of carbonyl (C=O) groups excluding carboxylic acids is 2. The molecule has 0 aliphatic carbocycles. The molecule has 8 heteroatoms. The van der Waals surface area contributed by atoms with Gasteiger partial charge in [0.15, 0.2) is 0 Å². The topological polar surface area (TPSA) is 89.4 Å². The molecule has 164 valence electrons. The molecule has 2 N–H and O–H groups in total. The Labute approximate surface area is 190 Å². The highest BCUT2D eigenvalue weighted by molar-refractivity contribution is 6.34. The molecule has 0 bridgehead atoms. The molecule has 2 aromatic carbocycles. The second kappa shape index (κ2) is 9.80. The average Bonchev–Trinajstić information content (AvgIpc) is 3.32. The van der Waals surface area contributed by atoms with Crippen LogP contribution < -0.4 is 16.2 Å². The average molecular weight is 452 g/mol. The van der Waals surface area contributed by atoms with Crippen molar-refractivity contribution in [2.75, 3.05) is 18.5 Å². The Kier molecular flexibility index (Phi) is 6.68. The van der Waals surface area contributed by atoms with Crippen LogP contribution in [0.3, 0.4) is 0 Å². The number of ether oxygens (including phenoxy) is 1. The summed E-state index contributed by atoms with van der Waals surface area (Å²) in [6, 6.07) is 16.7. The molecule has 1 aromatic heterocycles. The molecule has 1 atom stereocenters. The van der Waals surface area contributed by atoms with Crippen LogP contribution in [-0.2, 0) is 4.74 Å². The molecule has 1 fully saturated rings. The Balaban J connectivity index is 1.47. The van der Waals surface area contributed by atoms with Crippen LogP contribution in [0.5, 0.6) is 0 Å². The Morgan fingerprint density at radius 3 is 2.47 bits per heavy atom. The monoisotopic (exact) mass is 451 g/mol. The van der Waals surface area contributed by atoms with Crippen molar-refractivity contribution in [3.8, 4) is 5.69 Å². The maximum absolute atomic E-state index is 12.9. The molecule has 4 rings (SSSR count). The molecular formula is C24H22ClN3O4. The third-order valence-electron chi connectivity index (χ3n) is 5.23. The molecule has 7 nitrogen and oxygen atoms in total. The minimum atomic E-state index is -0.427. The number of pyridine rings is 1. The molecule has 1 aliphatic heterocycles. The highest BCUT2D eigenvalue weighted by Gasteiger charge is 2.18. The number of carbonyl (C=O) groups is 2. The summed E-state index contributed by atoms with van der Waals surface area (Å²) in [5.74, 6) is -0.756. The maximum atomic E-state index is 12.9. The smallest absolute Gasteiger partial charge is 0.267 e. The Morgan fingerprint density at radius 2 is 1.75 bits per heavy atom. The number of hydrogen-bond acceptors (Lipinski definition) is 4. The van der Waals surface area contributed by atoms with Gasteiger partial charge in [-0.3, -0.25) is 19.0 Å². The lowest BCUT2D eigenvalue weighted by atomic mass is 10.2. The fourth-order valence-corrected chi connectivity index (χ4v) is 3.75. The standard InChI is InChI=1S/C24H22ClN3O4/c25-21-8-2-1-6-19(21)23(30)27-16-9-11-17(12-10-16)28-13-3-7-20(24(28)31)22(29)26-15-18-5-4-14-32-18/h1-3,6-13,18H,4-5,14-15H2,(H,26,29)(H,27,30). The van der Waals surface area contributed by atoms with E-state index in [2.05, 4.69) is 10.6 Å². The lowest BCUT2D eigenvalue weighted by molar-refractivity contribution is 0.0856. The SMILES string of the molecule is O=C(Nc1ccc(-n2cccc(C(=O)NCC3CCCO3)c2=O)cc1)c1ccccc1Cl. The third-order valence-corrected chi connectivity index (χ3v) is 5.56. The predicted octanol–water partition coefficient (Wildman–Crippen LogP) is 3.65. The molecule has 1 aliphatic rings. The van der Waals surface area contributed by atoms with Crippen LogP contribution >= 0.6 is 11.6 Å². The quantitative estimate of drug-likeness (QED) is 0.598. The molecule has 2 amide bonds. The van der Waals surface area contributed by atoms with Crippen molar-refractivity contribution in [2.45, 2.75) is 18.9 Å². The molecule has 0 saturated carbocycles. The first-order valence-corrected chi connectivity index (χ1v) is 10.7. The second-order valence-corrected chi connectivity index (χ2v) is 7.83. The second-order valence-electron chi connectivity index (χ2n) is 7.42. The fourth-order valence-electron chi connectivity index (χ4n) is 3.53. The van der Waals surface area contributed by atoms with Crippen LogP contribution in [-0.4, -0.2) is 35.6 Å².